The van der Waals surface area contributed by atoms with Gasteiger partial charge in [-0.3, -0.25) is 0 Å². The summed E-state index contributed by atoms with van der Waals surface area (Å²) in [4.78, 5) is 13.5. The summed E-state index contributed by atoms with van der Waals surface area (Å²) in [7, 11) is -3.03. The van der Waals surface area contributed by atoms with Gasteiger partial charge in [-0.2, -0.15) is 0 Å². The molecular formula is C10H20N2O3S. The minimum Gasteiger partial charge on any atom is -0.335 e. The number of likely N-dealkylation sites (tertiary alicyclic amines) is 1. The van der Waals surface area contributed by atoms with Gasteiger partial charge >= 0.3 is 6.03 Å². The predicted octanol–water partition coefficient (Wildman–Crippen LogP) is 0.615. The number of nitrogens with one attached hydrogen (secondary N) is 1. The van der Waals surface area contributed by atoms with Crippen molar-refractivity contribution in [1.29, 1.82) is 0 Å². The lowest BCUT2D eigenvalue weighted by atomic mass is 10.1. The molecular weight excluding hydrogens is 228 g/mol. The van der Waals surface area contributed by atoms with E-state index in [2.05, 4.69) is 5.32 Å². The van der Waals surface area contributed by atoms with E-state index in [0.29, 0.717) is 0 Å². The SMILES string of the molecule is CC(CS(C)(=O)=O)NC(=O)N1CCCCC1. The molecule has 0 bridgehead atoms. The third kappa shape index (κ3) is 4.83. The van der Waals surface area contributed by atoms with E-state index in [4.69, 9.17) is 0 Å². The molecule has 1 aliphatic rings. The summed E-state index contributed by atoms with van der Waals surface area (Å²) in [6.07, 6.45) is 4.42. The number of amides is 2. The third-order valence-electron chi connectivity index (χ3n) is 2.57. The molecule has 1 atom stereocenters. The maximum atomic E-state index is 11.7. The second-order valence-corrected chi connectivity index (χ2v) is 6.68. The average Bonchev–Trinajstić information content (AvgIpc) is 2.16. The van der Waals surface area contributed by atoms with Crippen molar-refractivity contribution in [2.45, 2.75) is 32.2 Å². The van der Waals surface area contributed by atoms with Crippen molar-refractivity contribution in [3.05, 3.63) is 0 Å². The molecule has 0 aromatic carbocycles. The molecule has 6 heteroatoms. The van der Waals surface area contributed by atoms with Crippen LogP contribution in [0.5, 0.6) is 0 Å². The second kappa shape index (κ2) is 5.52. The number of carbonyl (C=O) groups excluding carboxylic acids is 1. The number of rotatable bonds is 3. The minimum atomic E-state index is -3.03. The van der Waals surface area contributed by atoms with E-state index in [0.717, 1.165) is 25.9 Å². The van der Waals surface area contributed by atoms with Crippen molar-refractivity contribution < 1.29 is 13.2 Å². The smallest absolute Gasteiger partial charge is 0.317 e. The molecule has 1 saturated heterocycles. The van der Waals surface area contributed by atoms with Gasteiger partial charge in [0.1, 0.15) is 9.84 Å². The van der Waals surface area contributed by atoms with Gasteiger partial charge in [0, 0.05) is 25.4 Å². The van der Waals surface area contributed by atoms with E-state index in [1.807, 2.05) is 0 Å². The van der Waals surface area contributed by atoms with Crippen LogP contribution >= 0.6 is 0 Å². The molecule has 0 aliphatic carbocycles. The van der Waals surface area contributed by atoms with Crippen molar-refractivity contribution >= 4 is 15.9 Å². The van der Waals surface area contributed by atoms with Crippen LogP contribution in [0.15, 0.2) is 0 Å². The second-order valence-electron chi connectivity index (χ2n) is 4.49. The summed E-state index contributed by atoms with van der Waals surface area (Å²) in [5, 5.41) is 2.71. The summed E-state index contributed by atoms with van der Waals surface area (Å²) in [6.45, 7) is 3.26. The number of hydrogen-bond donors (Lipinski definition) is 1. The molecule has 1 unspecified atom stereocenters. The molecule has 1 fully saturated rings. The van der Waals surface area contributed by atoms with Gasteiger partial charge in [0.2, 0.25) is 0 Å². The monoisotopic (exact) mass is 248 g/mol. The fourth-order valence-electron chi connectivity index (χ4n) is 1.89. The topological polar surface area (TPSA) is 66.5 Å². The molecule has 5 nitrogen and oxygen atoms in total. The van der Waals surface area contributed by atoms with E-state index < -0.39 is 9.84 Å². The molecule has 0 spiro atoms. The Hall–Kier alpha value is -0.780. The van der Waals surface area contributed by atoms with Gasteiger partial charge in [-0.15, -0.1) is 0 Å². The fraction of sp³-hybridized carbons (Fsp3) is 0.900. The molecule has 2 amide bonds. The highest BCUT2D eigenvalue weighted by Gasteiger charge is 2.19. The Bertz CT molecular complexity index is 334. The van der Waals surface area contributed by atoms with Crippen LogP contribution in [0, 0.1) is 0 Å². The zero-order valence-corrected chi connectivity index (χ0v) is 10.7. The number of urea groups is 1. The third-order valence-corrected chi connectivity index (χ3v) is 3.67. The van der Waals surface area contributed by atoms with E-state index >= 15 is 0 Å². The molecule has 1 aliphatic heterocycles. The van der Waals surface area contributed by atoms with Crippen LogP contribution in [0.3, 0.4) is 0 Å². The van der Waals surface area contributed by atoms with Crippen LogP contribution in [0.1, 0.15) is 26.2 Å². The summed E-state index contributed by atoms with van der Waals surface area (Å²) >= 11 is 0. The van der Waals surface area contributed by atoms with Gasteiger partial charge in [-0.25, -0.2) is 13.2 Å². The van der Waals surface area contributed by atoms with Gasteiger partial charge in [0.15, 0.2) is 0 Å². The maximum Gasteiger partial charge on any atom is 0.317 e. The molecule has 94 valence electrons. The van der Waals surface area contributed by atoms with E-state index in [1.165, 1.54) is 12.7 Å². The summed E-state index contributed by atoms with van der Waals surface area (Å²) in [5.74, 6) is -0.00736. The number of sulfone groups is 1. The first-order chi connectivity index (χ1) is 7.38. The zero-order valence-electron chi connectivity index (χ0n) is 9.90. The van der Waals surface area contributed by atoms with Crippen LogP contribution < -0.4 is 5.32 Å². The van der Waals surface area contributed by atoms with Crippen molar-refractivity contribution in [3.63, 3.8) is 0 Å². The number of nitrogens with zero attached hydrogens (tertiary/aromatic N) is 1. The number of hydrogen-bond acceptors (Lipinski definition) is 3. The number of carbonyl (C=O) groups is 1. The summed E-state index contributed by atoms with van der Waals surface area (Å²) in [6, 6.07) is -0.472. The average molecular weight is 248 g/mol. The van der Waals surface area contributed by atoms with Gasteiger partial charge in [-0.05, 0) is 26.2 Å². The Morgan fingerprint density at radius 3 is 2.38 bits per heavy atom. The van der Waals surface area contributed by atoms with Crippen molar-refractivity contribution in [3.8, 4) is 0 Å². The van der Waals surface area contributed by atoms with Crippen LogP contribution in [0.2, 0.25) is 0 Å². The van der Waals surface area contributed by atoms with Crippen molar-refractivity contribution in [1.82, 2.24) is 10.2 Å². The van der Waals surface area contributed by atoms with E-state index in [1.54, 1.807) is 11.8 Å². The first-order valence-electron chi connectivity index (χ1n) is 5.61. The Morgan fingerprint density at radius 1 is 1.31 bits per heavy atom. The van der Waals surface area contributed by atoms with Gasteiger partial charge in [-0.1, -0.05) is 0 Å². The molecule has 0 saturated carbocycles. The largest absolute Gasteiger partial charge is 0.335 e. The Morgan fingerprint density at radius 2 is 1.88 bits per heavy atom. The quantitative estimate of drug-likeness (QED) is 0.796. The van der Waals surface area contributed by atoms with Crippen molar-refractivity contribution in [2.24, 2.45) is 0 Å². The Balaban J connectivity index is 2.38. The first-order valence-corrected chi connectivity index (χ1v) is 7.68. The highest BCUT2D eigenvalue weighted by Crippen LogP contribution is 2.08. The normalized spacial score (nSPS) is 19.2. The Kier molecular flexibility index (Phi) is 4.58. The van der Waals surface area contributed by atoms with E-state index in [-0.39, 0.29) is 17.8 Å². The van der Waals surface area contributed by atoms with Crippen LogP contribution in [0.25, 0.3) is 0 Å². The molecule has 1 rings (SSSR count). The first kappa shape index (κ1) is 13.3. The molecule has 1 N–H and O–H groups in total. The minimum absolute atomic E-state index is 0.00736. The highest BCUT2D eigenvalue weighted by molar-refractivity contribution is 7.90. The van der Waals surface area contributed by atoms with Crippen LogP contribution in [-0.4, -0.2) is 50.5 Å². The van der Waals surface area contributed by atoms with Crippen molar-refractivity contribution in [2.75, 3.05) is 25.1 Å². The standard InChI is InChI=1S/C10H20N2O3S/c1-9(8-16(2,14)15)11-10(13)12-6-4-3-5-7-12/h9H,3-8H2,1-2H3,(H,11,13). The molecule has 1 heterocycles. The predicted molar refractivity (Wildman–Crippen MR) is 63.1 cm³/mol. The van der Waals surface area contributed by atoms with Gasteiger partial charge in [0.25, 0.3) is 0 Å². The lowest BCUT2D eigenvalue weighted by Crippen LogP contribution is -2.47. The van der Waals surface area contributed by atoms with Gasteiger partial charge < -0.3 is 10.2 Å². The van der Waals surface area contributed by atoms with Crippen LogP contribution in [-0.2, 0) is 9.84 Å². The molecule has 0 radical (unpaired) electrons. The summed E-state index contributed by atoms with van der Waals surface area (Å²) < 4.78 is 22.1. The van der Waals surface area contributed by atoms with E-state index in [9.17, 15) is 13.2 Å². The van der Waals surface area contributed by atoms with Crippen LogP contribution in [0.4, 0.5) is 4.79 Å². The Labute approximate surface area is 97.1 Å². The summed E-state index contributed by atoms with van der Waals surface area (Å²) in [5.41, 5.74) is 0. The lowest BCUT2D eigenvalue weighted by Gasteiger charge is -2.28. The highest BCUT2D eigenvalue weighted by atomic mass is 32.2. The molecule has 0 aromatic heterocycles. The molecule has 0 aromatic rings. The fourth-order valence-corrected chi connectivity index (χ4v) is 2.89. The molecule has 16 heavy (non-hydrogen) atoms. The van der Waals surface area contributed by atoms with Gasteiger partial charge in [0.05, 0.1) is 5.75 Å². The maximum absolute atomic E-state index is 11.7. The zero-order chi connectivity index (χ0) is 12.2. The number of piperidine rings is 1. The lowest BCUT2D eigenvalue weighted by molar-refractivity contribution is 0.184.